The molecule has 0 atom stereocenters. The van der Waals surface area contributed by atoms with Crippen molar-refractivity contribution in [3.63, 3.8) is 0 Å². The number of aliphatic carboxylic acids is 1. The highest BCUT2D eigenvalue weighted by molar-refractivity contribution is 7.12. The first-order chi connectivity index (χ1) is 9.63. The number of thiophene rings is 1. The number of hydrogen-bond donors (Lipinski definition) is 1. The van der Waals surface area contributed by atoms with Gasteiger partial charge in [0.1, 0.15) is 0 Å². The number of aryl methyl sites for hydroxylation is 1. The summed E-state index contributed by atoms with van der Waals surface area (Å²) >= 11 is 1.40. The Kier molecular flexibility index (Phi) is 3.06. The molecule has 3 rings (SSSR count). The number of rotatable bonds is 4. The van der Waals surface area contributed by atoms with Crippen LogP contribution in [0.25, 0.3) is 5.57 Å². The molecule has 0 radical (unpaired) electrons. The van der Waals surface area contributed by atoms with Crippen LogP contribution in [-0.4, -0.2) is 21.4 Å². The summed E-state index contributed by atoms with van der Waals surface area (Å²) in [5, 5.41) is 11.1. The average Bonchev–Trinajstić information content (AvgIpc) is 3.12. The van der Waals surface area contributed by atoms with Crippen LogP contribution in [0.5, 0.6) is 0 Å². The van der Waals surface area contributed by atoms with E-state index in [0.717, 1.165) is 5.56 Å². The van der Waals surface area contributed by atoms with E-state index in [1.807, 2.05) is 29.0 Å². The number of carbonyl (C=O) groups is 2. The van der Waals surface area contributed by atoms with Gasteiger partial charge in [-0.25, -0.2) is 4.79 Å². The highest BCUT2D eigenvalue weighted by Gasteiger charge is 2.28. The van der Waals surface area contributed by atoms with Crippen molar-refractivity contribution < 1.29 is 14.7 Å². The van der Waals surface area contributed by atoms with Crippen LogP contribution in [0, 0.1) is 0 Å². The van der Waals surface area contributed by atoms with Gasteiger partial charge in [0.15, 0.2) is 0 Å². The minimum Gasteiger partial charge on any atom is -0.478 e. The monoisotopic (exact) mass is 287 g/mol. The number of hydrogen-bond acceptors (Lipinski definition) is 3. The molecule has 1 aliphatic heterocycles. The van der Waals surface area contributed by atoms with Crippen LogP contribution in [-0.2, 0) is 17.8 Å². The third-order valence-corrected chi connectivity index (χ3v) is 4.37. The third kappa shape index (κ3) is 1.82. The number of ketones is 1. The van der Waals surface area contributed by atoms with Crippen molar-refractivity contribution in [3.05, 3.63) is 51.5 Å². The van der Waals surface area contributed by atoms with Crippen molar-refractivity contribution >= 4 is 28.7 Å². The maximum atomic E-state index is 12.6. The molecule has 0 fully saturated rings. The number of allylic oxidation sites excluding steroid dienone is 1. The molecule has 0 spiro atoms. The largest absolute Gasteiger partial charge is 0.478 e. The Morgan fingerprint density at radius 3 is 2.85 bits per heavy atom. The molecule has 0 saturated heterocycles. The van der Waals surface area contributed by atoms with Crippen LogP contribution in [0.2, 0.25) is 0 Å². The zero-order valence-corrected chi connectivity index (χ0v) is 11.7. The number of aromatic nitrogens is 1. The van der Waals surface area contributed by atoms with Crippen molar-refractivity contribution in [1.29, 1.82) is 0 Å². The minimum absolute atomic E-state index is 0.0249. The van der Waals surface area contributed by atoms with Crippen LogP contribution in [0.1, 0.15) is 33.5 Å². The summed E-state index contributed by atoms with van der Waals surface area (Å²) in [4.78, 5) is 24.5. The van der Waals surface area contributed by atoms with Crippen molar-refractivity contribution in [2.75, 3.05) is 0 Å². The summed E-state index contributed by atoms with van der Waals surface area (Å²) < 4.78 is 1.81. The van der Waals surface area contributed by atoms with E-state index in [1.54, 1.807) is 12.1 Å². The first-order valence-electron chi connectivity index (χ1n) is 6.38. The van der Waals surface area contributed by atoms with E-state index in [9.17, 15) is 14.7 Å². The molecule has 102 valence electrons. The summed E-state index contributed by atoms with van der Waals surface area (Å²) in [7, 11) is 0. The Morgan fingerprint density at radius 2 is 2.25 bits per heavy atom. The van der Waals surface area contributed by atoms with E-state index in [4.69, 9.17) is 0 Å². The predicted molar refractivity (Wildman–Crippen MR) is 77.2 cm³/mol. The quantitative estimate of drug-likeness (QED) is 0.880. The second-order valence-electron chi connectivity index (χ2n) is 4.60. The Labute approximate surface area is 120 Å². The number of carboxylic acid groups (broad SMARTS) is 1. The lowest BCUT2D eigenvalue weighted by Crippen LogP contribution is -2.10. The van der Waals surface area contributed by atoms with Gasteiger partial charge in [-0.05, 0) is 35.6 Å². The van der Waals surface area contributed by atoms with Gasteiger partial charge in [0, 0.05) is 6.54 Å². The number of carbonyl (C=O) groups excluding carboxylic acids is 1. The maximum absolute atomic E-state index is 12.6. The smallest absolute Gasteiger partial charge is 0.337 e. The minimum atomic E-state index is -0.945. The fourth-order valence-corrected chi connectivity index (χ4v) is 3.23. The van der Waals surface area contributed by atoms with E-state index in [1.165, 1.54) is 11.3 Å². The van der Waals surface area contributed by atoms with Gasteiger partial charge in [0.05, 0.1) is 21.8 Å². The average molecular weight is 287 g/mol. The van der Waals surface area contributed by atoms with Gasteiger partial charge in [-0.2, -0.15) is 0 Å². The first-order valence-corrected chi connectivity index (χ1v) is 7.26. The maximum Gasteiger partial charge on any atom is 0.337 e. The molecule has 4 nitrogen and oxygen atoms in total. The van der Waals surface area contributed by atoms with Crippen LogP contribution in [0.15, 0.2) is 29.7 Å². The molecule has 0 amide bonds. The molecular formula is C15H13NO3S. The lowest BCUT2D eigenvalue weighted by atomic mass is 10.1. The standard InChI is InChI=1S/C15H13NO3S/c1-2-9-8-11-10(15(18)19)5-6-16(11)13(9)14(17)12-4-3-7-20-12/h3-5,7-8H,2,6H2,1H3,(H,18,19). The zero-order valence-electron chi connectivity index (χ0n) is 10.9. The molecule has 0 saturated carbocycles. The Hall–Kier alpha value is -2.14. The molecular weight excluding hydrogens is 274 g/mol. The summed E-state index contributed by atoms with van der Waals surface area (Å²) in [5.41, 5.74) is 2.45. The topological polar surface area (TPSA) is 59.3 Å². The summed E-state index contributed by atoms with van der Waals surface area (Å²) in [5.74, 6) is -0.970. The molecule has 1 aliphatic rings. The fourth-order valence-electron chi connectivity index (χ4n) is 2.56. The summed E-state index contributed by atoms with van der Waals surface area (Å²) in [6, 6.07) is 5.47. The summed E-state index contributed by atoms with van der Waals surface area (Å²) in [6.45, 7) is 2.42. The molecule has 0 aliphatic carbocycles. The summed E-state index contributed by atoms with van der Waals surface area (Å²) in [6.07, 6.45) is 2.36. The molecule has 2 aromatic rings. The van der Waals surface area contributed by atoms with E-state index >= 15 is 0 Å². The second kappa shape index (κ2) is 4.76. The van der Waals surface area contributed by atoms with Gasteiger partial charge < -0.3 is 9.67 Å². The number of fused-ring (bicyclic) bond motifs is 1. The van der Waals surface area contributed by atoms with Crippen LogP contribution in [0.4, 0.5) is 0 Å². The molecule has 1 N–H and O–H groups in total. The Balaban J connectivity index is 2.12. The van der Waals surface area contributed by atoms with Crippen molar-refractivity contribution in [2.45, 2.75) is 19.9 Å². The lowest BCUT2D eigenvalue weighted by molar-refractivity contribution is -0.130. The Morgan fingerprint density at radius 1 is 1.45 bits per heavy atom. The number of carboxylic acids is 1. The zero-order chi connectivity index (χ0) is 14.3. The fraction of sp³-hybridized carbons (Fsp3) is 0.200. The second-order valence-corrected chi connectivity index (χ2v) is 5.54. The molecule has 0 unspecified atom stereocenters. The lowest BCUT2D eigenvalue weighted by Gasteiger charge is -2.06. The van der Waals surface area contributed by atoms with E-state index in [2.05, 4.69) is 0 Å². The SMILES string of the molecule is CCc1cc2n(c1C(=O)c1cccs1)CC=C2C(=O)O. The number of nitrogens with zero attached hydrogens (tertiary/aromatic N) is 1. The Bertz CT molecular complexity index is 723. The third-order valence-electron chi connectivity index (χ3n) is 3.50. The molecule has 3 heterocycles. The van der Waals surface area contributed by atoms with Gasteiger partial charge >= 0.3 is 5.97 Å². The van der Waals surface area contributed by atoms with E-state index in [0.29, 0.717) is 29.2 Å². The highest BCUT2D eigenvalue weighted by atomic mass is 32.1. The van der Waals surface area contributed by atoms with E-state index in [-0.39, 0.29) is 11.4 Å². The predicted octanol–water partition coefficient (Wildman–Crippen LogP) is 2.82. The van der Waals surface area contributed by atoms with Gasteiger partial charge in [-0.15, -0.1) is 11.3 Å². The van der Waals surface area contributed by atoms with Crippen molar-refractivity contribution in [3.8, 4) is 0 Å². The molecule has 5 heteroatoms. The van der Waals surface area contributed by atoms with Crippen LogP contribution in [0.3, 0.4) is 0 Å². The normalized spacial score (nSPS) is 13.2. The van der Waals surface area contributed by atoms with Gasteiger partial charge in [0.2, 0.25) is 5.78 Å². The van der Waals surface area contributed by atoms with Crippen molar-refractivity contribution in [1.82, 2.24) is 4.57 Å². The van der Waals surface area contributed by atoms with Gasteiger partial charge in [-0.1, -0.05) is 13.0 Å². The van der Waals surface area contributed by atoms with Gasteiger partial charge in [-0.3, -0.25) is 4.79 Å². The molecule has 2 aromatic heterocycles. The molecule has 20 heavy (non-hydrogen) atoms. The van der Waals surface area contributed by atoms with Crippen molar-refractivity contribution in [2.24, 2.45) is 0 Å². The molecule has 0 aromatic carbocycles. The van der Waals surface area contributed by atoms with Crippen LogP contribution >= 0.6 is 11.3 Å². The van der Waals surface area contributed by atoms with Gasteiger partial charge in [0.25, 0.3) is 0 Å². The highest BCUT2D eigenvalue weighted by Crippen LogP contribution is 2.30. The van der Waals surface area contributed by atoms with Crippen LogP contribution < -0.4 is 0 Å². The molecule has 0 bridgehead atoms. The first kappa shape index (κ1) is 12.9. The van der Waals surface area contributed by atoms with E-state index < -0.39 is 5.97 Å².